The van der Waals surface area contributed by atoms with Gasteiger partial charge in [-0.05, 0) is 26.3 Å². The van der Waals surface area contributed by atoms with Crippen LogP contribution in [0.5, 0.6) is 0 Å². The molecule has 3 rings (SSSR count). The van der Waals surface area contributed by atoms with Gasteiger partial charge in [0.15, 0.2) is 5.82 Å². The van der Waals surface area contributed by atoms with Gasteiger partial charge in [0.25, 0.3) is 0 Å². The van der Waals surface area contributed by atoms with Crippen LogP contribution in [0.2, 0.25) is 0 Å². The van der Waals surface area contributed by atoms with E-state index < -0.39 is 0 Å². The second-order valence-corrected chi connectivity index (χ2v) is 5.80. The second-order valence-electron chi connectivity index (χ2n) is 5.80. The summed E-state index contributed by atoms with van der Waals surface area (Å²) in [4.78, 5) is 13.0. The predicted octanol–water partition coefficient (Wildman–Crippen LogP) is 3.34. The van der Waals surface area contributed by atoms with Crippen molar-refractivity contribution in [2.24, 2.45) is 0 Å². The monoisotopic (exact) mass is 294 g/mol. The lowest BCUT2D eigenvalue weighted by atomic mass is 9.84. The van der Waals surface area contributed by atoms with Crippen molar-refractivity contribution < 1.29 is 4.52 Å². The van der Waals surface area contributed by atoms with Crippen LogP contribution in [0.1, 0.15) is 49.7 Å². The molecule has 3 aromatic rings. The molecule has 0 aliphatic carbocycles. The molecule has 5 nitrogen and oxygen atoms in total. The standard InChI is InChI=1S/C17H18N4O/c1-12(14-11-18-9-10-19-14)15-20-16(21-22-15)17(2,3)13-7-5-4-6-8-13/h4-12H,1-3H3. The van der Waals surface area contributed by atoms with Crippen LogP contribution in [0.15, 0.2) is 53.4 Å². The van der Waals surface area contributed by atoms with Crippen molar-refractivity contribution in [3.05, 3.63) is 71.9 Å². The average Bonchev–Trinajstić information content (AvgIpc) is 3.06. The maximum Gasteiger partial charge on any atom is 0.235 e. The maximum atomic E-state index is 5.46. The van der Waals surface area contributed by atoms with E-state index in [1.807, 2.05) is 25.1 Å². The molecule has 0 spiro atoms. The van der Waals surface area contributed by atoms with Crippen molar-refractivity contribution >= 4 is 0 Å². The van der Waals surface area contributed by atoms with E-state index in [9.17, 15) is 0 Å². The van der Waals surface area contributed by atoms with E-state index in [1.54, 1.807) is 18.6 Å². The summed E-state index contributed by atoms with van der Waals surface area (Å²) in [6, 6.07) is 10.2. The third-order valence-corrected chi connectivity index (χ3v) is 3.89. The summed E-state index contributed by atoms with van der Waals surface area (Å²) in [5.41, 5.74) is 1.65. The predicted molar refractivity (Wildman–Crippen MR) is 82.4 cm³/mol. The lowest BCUT2D eigenvalue weighted by Crippen LogP contribution is -2.20. The lowest BCUT2D eigenvalue weighted by molar-refractivity contribution is 0.357. The zero-order valence-corrected chi connectivity index (χ0v) is 12.9. The molecule has 1 aromatic carbocycles. The Morgan fingerprint density at radius 1 is 1.09 bits per heavy atom. The molecule has 112 valence electrons. The topological polar surface area (TPSA) is 64.7 Å². The van der Waals surface area contributed by atoms with Crippen LogP contribution < -0.4 is 0 Å². The van der Waals surface area contributed by atoms with E-state index in [2.05, 4.69) is 46.1 Å². The first-order valence-electron chi connectivity index (χ1n) is 7.24. The molecule has 1 unspecified atom stereocenters. The van der Waals surface area contributed by atoms with Gasteiger partial charge in [0.05, 0.1) is 17.0 Å². The highest BCUT2D eigenvalue weighted by Gasteiger charge is 2.30. The van der Waals surface area contributed by atoms with Crippen molar-refractivity contribution in [2.75, 3.05) is 0 Å². The molecule has 0 fully saturated rings. The average molecular weight is 294 g/mol. The molecule has 0 N–H and O–H groups in total. The van der Waals surface area contributed by atoms with Gasteiger partial charge in [-0.15, -0.1) is 0 Å². The van der Waals surface area contributed by atoms with Gasteiger partial charge in [0.1, 0.15) is 0 Å². The van der Waals surface area contributed by atoms with Crippen molar-refractivity contribution in [3.8, 4) is 0 Å². The number of hydrogen-bond acceptors (Lipinski definition) is 5. The Hall–Kier alpha value is -2.56. The van der Waals surface area contributed by atoms with Gasteiger partial charge in [-0.3, -0.25) is 9.97 Å². The quantitative estimate of drug-likeness (QED) is 0.738. The Morgan fingerprint density at radius 3 is 2.55 bits per heavy atom. The zero-order valence-electron chi connectivity index (χ0n) is 12.9. The van der Waals surface area contributed by atoms with Gasteiger partial charge in [-0.2, -0.15) is 4.98 Å². The smallest absolute Gasteiger partial charge is 0.235 e. The molecule has 0 radical (unpaired) electrons. The summed E-state index contributed by atoms with van der Waals surface area (Å²) in [7, 11) is 0. The maximum absolute atomic E-state index is 5.46. The summed E-state index contributed by atoms with van der Waals surface area (Å²) in [6.07, 6.45) is 5.03. The van der Waals surface area contributed by atoms with E-state index in [4.69, 9.17) is 4.52 Å². The largest absolute Gasteiger partial charge is 0.339 e. The minimum atomic E-state index is -0.314. The second kappa shape index (κ2) is 5.67. The molecule has 2 aromatic heterocycles. The van der Waals surface area contributed by atoms with Crippen molar-refractivity contribution in [3.63, 3.8) is 0 Å². The highest BCUT2D eigenvalue weighted by molar-refractivity contribution is 5.30. The summed E-state index contributed by atoms with van der Waals surface area (Å²) in [6.45, 7) is 6.16. The molecular formula is C17H18N4O. The lowest BCUT2D eigenvalue weighted by Gasteiger charge is -2.20. The summed E-state index contributed by atoms with van der Waals surface area (Å²) in [5, 5.41) is 4.18. The van der Waals surface area contributed by atoms with Gasteiger partial charge in [-0.1, -0.05) is 35.5 Å². The fraction of sp³-hybridized carbons (Fsp3) is 0.294. The van der Waals surface area contributed by atoms with Gasteiger partial charge in [-0.25, -0.2) is 0 Å². The Balaban J connectivity index is 1.91. The van der Waals surface area contributed by atoms with Gasteiger partial charge < -0.3 is 4.52 Å². The Kier molecular flexibility index (Phi) is 3.71. The normalized spacial score (nSPS) is 13.0. The third kappa shape index (κ3) is 2.62. The molecule has 0 saturated heterocycles. The highest BCUT2D eigenvalue weighted by atomic mass is 16.5. The SMILES string of the molecule is CC(c1cnccn1)c1nc(C(C)(C)c2ccccc2)no1. The number of benzene rings is 1. The first-order chi connectivity index (χ1) is 10.6. The van der Waals surface area contributed by atoms with Crippen LogP contribution in [0.4, 0.5) is 0 Å². The Bertz CT molecular complexity index is 738. The van der Waals surface area contributed by atoms with Crippen molar-refractivity contribution in [1.29, 1.82) is 0 Å². The van der Waals surface area contributed by atoms with Crippen molar-refractivity contribution in [1.82, 2.24) is 20.1 Å². The minimum Gasteiger partial charge on any atom is -0.339 e. The molecule has 22 heavy (non-hydrogen) atoms. The van der Waals surface area contributed by atoms with E-state index in [1.165, 1.54) is 0 Å². The number of nitrogens with zero attached hydrogens (tertiary/aromatic N) is 4. The van der Waals surface area contributed by atoms with Crippen LogP contribution in [0.3, 0.4) is 0 Å². The van der Waals surface area contributed by atoms with E-state index in [0.717, 1.165) is 11.3 Å². The fourth-order valence-corrected chi connectivity index (χ4v) is 2.31. The van der Waals surface area contributed by atoms with Crippen molar-refractivity contribution in [2.45, 2.75) is 32.1 Å². The van der Waals surface area contributed by atoms with Gasteiger partial charge in [0.2, 0.25) is 5.89 Å². The highest BCUT2D eigenvalue weighted by Crippen LogP contribution is 2.30. The van der Waals surface area contributed by atoms with Gasteiger partial charge >= 0.3 is 0 Å². The van der Waals surface area contributed by atoms with Crippen LogP contribution in [0.25, 0.3) is 0 Å². The summed E-state index contributed by atoms with van der Waals surface area (Å²) >= 11 is 0. The molecule has 0 aliphatic rings. The van der Waals surface area contributed by atoms with Crippen LogP contribution in [-0.4, -0.2) is 20.1 Å². The Morgan fingerprint density at radius 2 is 1.86 bits per heavy atom. The first-order valence-corrected chi connectivity index (χ1v) is 7.24. The molecule has 0 amide bonds. The number of aromatic nitrogens is 4. The zero-order chi connectivity index (χ0) is 15.6. The molecule has 5 heteroatoms. The fourth-order valence-electron chi connectivity index (χ4n) is 2.31. The van der Waals surface area contributed by atoms with Crippen LogP contribution in [-0.2, 0) is 5.41 Å². The number of hydrogen-bond donors (Lipinski definition) is 0. The van der Waals surface area contributed by atoms with E-state index in [-0.39, 0.29) is 11.3 Å². The van der Waals surface area contributed by atoms with Crippen LogP contribution in [0, 0.1) is 0 Å². The number of rotatable bonds is 4. The summed E-state index contributed by atoms with van der Waals surface area (Å²) in [5.74, 6) is 1.14. The van der Waals surface area contributed by atoms with E-state index >= 15 is 0 Å². The molecule has 1 atom stereocenters. The minimum absolute atomic E-state index is 0.0819. The summed E-state index contributed by atoms with van der Waals surface area (Å²) < 4.78 is 5.46. The molecule has 0 saturated carbocycles. The van der Waals surface area contributed by atoms with Crippen LogP contribution >= 0.6 is 0 Å². The Labute approximate surface area is 129 Å². The molecular weight excluding hydrogens is 276 g/mol. The molecule has 2 heterocycles. The first kappa shape index (κ1) is 14.4. The third-order valence-electron chi connectivity index (χ3n) is 3.89. The molecule has 0 bridgehead atoms. The molecule has 0 aliphatic heterocycles. The van der Waals surface area contributed by atoms with E-state index in [0.29, 0.717) is 11.7 Å². The van der Waals surface area contributed by atoms with Gasteiger partial charge in [0, 0.05) is 18.6 Å².